The molecule has 0 rings (SSSR count). The molecule has 0 aromatic heterocycles. The van der Waals surface area contributed by atoms with Gasteiger partial charge in [-0.15, -0.1) is 0 Å². The Morgan fingerprint density at radius 3 is 1.32 bits per heavy atom. The van der Waals surface area contributed by atoms with Crippen molar-refractivity contribution in [1.29, 1.82) is 0 Å². The van der Waals surface area contributed by atoms with Crippen molar-refractivity contribution in [3.8, 4) is 0 Å². The van der Waals surface area contributed by atoms with Gasteiger partial charge in [-0.05, 0) is 67.5 Å². The molecule has 0 heterocycles. The van der Waals surface area contributed by atoms with Crippen LogP contribution in [0, 0.1) is 0 Å². The molecular formula is C14H30N4O3Tc-2. The predicted octanol–water partition coefficient (Wildman–Crippen LogP) is 2.08. The second-order valence-corrected chi connectivity index (χ2v) is 6.18. The number of unbranched alkanes of at least 4 members (excludes halogenated alkanes) is 1. The molecule has 7 nitrogen and oxygen atoms in total. The van der Waals surface area contributed by atoms with Crippen LogP contribution in [-0.4, -0.2) is 46.0 Å². The normalized spacial score (nSPS) is 13.4. The molecule has 0 aromatic rings. The summed E-state index contributed by atoms with van der Waals surface area (Å²) >= 11 is 0. The van der Waals surface area contributed by atoms with E-state index in [1.54, 1.807) is 13.8 Å². The minimum absolute atomic E-state index is 0. The maximum absolute atomic E-state index is 8.78. The number of hydrogen-bond donors (Lipinski definition) is 4. The summed E-state index contributed by atoms with van der Waals surface area (Å²) in [6, 6.07) is 0. The predicted molar refractivity (Wildman–Crippen MR) is 83.9 cm³/mol. The van der Waals surface area contributed by atoms with Gasteiger partial charge in [-0.1, -0.05) is 10.3 Å². The molecule has 8 heteroatoms. The largest absolute Gasteiger partial charge is 2.00 e. The molecule has 0 aliphatic heterocycles. The van der Waals surface area contributed by atoms with Crippen molar-refractivity contribution in [3.63, 3.8) is 0 Å². The summed E-state index contributed by atoms with van der Waals surface area (Å²) in [5.74, 6) is 0. The van der Waals surface area contributed by atoms with Crippen molar-refractivity contribution < 1.29 is 36.0 Å². The molecular weight excluding hydrogens is 370 g/mol. The van der Waals surface area contributed by atoms with Crippen molar-refractivity contribution in [2.24, 2.45) is 10.3 Å². The van der Waals surface area contributed by atoms with E-state index in [1.165, 1.54) is 0 Å². The second-order valence-electron chi connectivity index (χ2n) is 6.18. The Bertz CT molecular complexity index is 324. The first-order chi connectivity index (χ1) is 9.17. The third-order valence-corrected chi connectivity index (χ3v) is 3.85. The molecule has 0 aliphatic carbocycles. The summed E-state index contributed by atoms with van der Waals surface area (Å²) in [7, 11) is 0. The molecule has 0 bridgehead atoms. The quantitative estimate of drug-likeness (QED) is 0.205. The van der Waals surface area contributed by atoms with Gasteiger partial charge in [-0.3, -0.25) is 0 Å². The Morgan fingerprint density at radius 1 is 0.818 bits per heavy atom. The van der Waals surface area contributed by atoms with E-state index in [0.29, 0.717) is 11.4 Å². The maximum atomic E-state index is 8.78. The fourth-order valence-corrected chi connectivity index (χ4v) is 1.56. The molecule has 1 radical (unpaired) electrons. The smallest absolute Gasteiger partial charge is 0.0734 e. The van der Waals surface area contributed by atoms with E-state index in [4.69, 9.17) is 10.4 Å². The summed E-state index contributed by atoms with van der Waals surface area (Å²) in [6.45, 7) is 13.3. The van der Waals surface area contributed by atoms with E-state index in [0.717, 1.165) is 25.9 Å². The number of oxime groups is 2. The topological polar surface area (TPSA) is 118 Å². The molecule has 0 unspecified atom stereocenters. The zero-order chi connectivity index (χ0) is 15.8. The van der Waals surface area contributed by atoms with Crippen LogP contribution in [0.1, 0.15) is 54.4 Å². The van der Waals surface area contributed by atoms with Gasteiger partial charge in [0.25, 0.3) is 0 Å². The van der Waals surface area contributed by atoms with E-state index in [9.17, 15) is 0 Å². The minimum atomic E-state index is -0.290. The fourth-order valence-electron chi connectivity index (χ4n) is 1.56. The Morgan fingerprint density at radius 2 is 1.09 bits per heavy atom. The Kier molecular flexibility index (Phi) is 14.3. The van der Waals surface area contributed by atoms with Gasteiger partial charge in [0.05, 0.1) is 22.5 Å². The molecule has 0 aliphatic rings. The first-order valence-electron chi connectivity index (χ1n) is 7.05. The molecule has 0 fully saturated rings. The first-order valence-corrected chi connectivity index (χ1v) is 7.05. The van der Waals surface area contributed by atoms with E-state index in [2.05, 4.69) is 20.9 Å². The van der Waals surface area contributed by atoms with Crippen LogP contribution in [0.5, 0.6) is 0 Å². The third kappa shape index (κ3) is 9.48. The number of hydrogen-bond acceptors (Lipinski definition) is 6. The van der Waals surface area contributed by atoms with Crippen molar-refractivity contribution in [2.45, 2.75) is 65.5 Å². The van der Waals surface area contributed by atoms with E-state index in [1.807, 2.05) is 27.7 Å². The average Bonchev–Trinajstić information content (AvgIpc) is 2.40. The summed E-state index contributed by atoms with van der Waals surface area (Å²) in [5.41, 5.74) is 0.765. The third-order valence-electron chi connectivity index (χ3n) is 3.85. The number of nitrogens with one attached hydrogen (secondary N) is 2. The zero-order valence-corrected chi connectivity index (χ0v) is 16.3. The van der Waals surface area contributed by atoms with Crippen molar-refractivity contribution in [3.05, 3.63) is 0 Å². The van der Waals surface area contributed by atoms with Gasteiger partial charge in [0.15, 0.2) is 0 Å². The second kappa shape index (κ2) is 12.0. The monoisotopic (exact) mass is 399 g/mol. The number of nitrogens with zero attached hydrogens (tertiary/aromatic N) is 2. The minimum Gasteiger partial charge on any atom is -2.00 e. The van der Waals surface area contributed by atoms with Crippen LogP contribution in [0.4, 0.5) is 0 Å². The molecule has 0 aromatic carbocycles. The summed E-state index contributed by atoms with van der Waals surface area (Å²) in [5, 5.41) is 30.8. The molecule has 0 atom stereocenters. The van der Waals surface area contributed by atoms with Crippen molar-refractivity contribution >= 4 is 11.4 Å². The van der Waals surface area contributed by atoms with Crippen LogP contribution in [0.2, 0.25) is 0 Å². The number of rotatable bonds is 9. The Balaban J connectivity index is -0.00000180. The molecule has 0 amide bonds. The summed E-state index contributed by atoms with van der Waals surface area (Å²) in [6.07, 6.45) is 2.03. The molecule has 0 saturated carbocycles. The van der Waals surface area contributed by atoms with E-state index < -0.39 is 0 Å². The van der Waals surface area contributed by atoms with E-state index in [-0.39, 0.29) is 36.7 Å². The van der Waals surface area contributed by atoms with Gasteiger partial charge in [-0.2, -0.15) is 0 Å². The van der Waals surface area contributed by atoms with Crippen LogP contribution in [0.25, 0.3) is 0 Å². The SMILES string of the molecule is C/C(=N\O)C(C)(C)NCCCCNC(C)(C)/C(C)=N/O.[O-2].[Tc]. The standard InChI is InChI=1S/C14H30N4O2.O.Tc/c1-11(17-19)13(3,4)15-9-7-8-10-16-14(5,6)12(2)18-20;;/h15-16,19-20H,7-10H2,1-6H3;;/q;-2;/b17-11+,18-12+;;. The van der Waals surface area contributed by atoms with Crippen LogP contribution >= 0.6 is 0 Å². The van der Waals surface area contributed by atoms with Crippen LogP contribution in [-0.2, 0) is 25.6 Å². The van der Waals surface area contributed by atoms with Gasteiger partial charge in [0, 0.05) is 20.1 Å². The molecule has 22 heavy (non-hydrogen) atoms. The van der Waals surface area contributed by atoms with E-state index >= 15 is 0 Å². The Hall–Kier alpha value is -0.531. The molecule has 0 saturated heterocycles. The van der Waals surface area contributed by atoms with Crippen molar-refractivity contribution in [2.75, 3.05) is 13.1 Å². The average molecular weight is 400 g/mol. The Labute approximate surface area is 147 Å². The summed E-state index contributed by atoms with van der Waals surface area (Å²) < 4.78 is 0. The van der Waals surface area contributed by atoms with Crippen LogP contribution in [0.15, 0.2) is 10.3 Å². The van der Waals surface area contributed by atoms with Gasteiger partial charge < -0.3 is 26.5 Å². The fraction of sp³-hybridized carbons (Fsp3) is 0.857. The maximum Gasteiger partial charge on any atom is 0.0734 e. The van der Waals surface area contributed by atoms with Gasteiger partial charge in [0.1, 0.15) is 0 Å². The molecule has 4 N–H and O–H groups in total. The van der Waals surface area contributed by atoms with Crippen molar-refractivity contribution in [1.82, 2.24) is 10.6 Å². The van der Waals surface area contributed by atoms with Gasteiger partial charge in [0.2, 0.25) is 0 Å². The first kappa shape index (κ1) is 26.4. The van der Waals surface area contributed by atoms with Gasteiger partial charge >= 0.3 is 0 Å². The molecule has 133 valence electrons. The zero-order valence-electron chi connectivity index (χ0n) is 14.4. The van der Waals surface area contributed by atoms with Gasteiger partial charge in [-0.25, -0.2) is 0 Å². The summed E-state index contributed by atoms with van der Waals surface area (Å²) in [4.78, 5) is 0. The van der Waals surface area contributed by atoms with Crippen LogP contribution in [0.3, 0.4) is 0 Å². The van der Waals surface area contributed by atoms with Crippen LogP contribution < -0.4 is 10.6 Å². The molecule has 0 spiro atoms.